The summed E-state index contributed by atoms with van der Waals surface area (Å²) in [6.45, 7) is 13.8. The quantitative estimate of drug-likeness (QED) is 0.1000. The van der Waals surface area contributed by atoms with E-state index in [1.807, 2.05) is 133 Å². The molecule has 6 rings (SSSR count). The van der Waals surface area contributed by atoms with Crippen LogP contribution in [0.15, 0.2) is 97.2 Å². The van der Waals surface area contributed by atoms with Gasteiger partial charge >= 0.3 is 12.1 Å². The average Bonchev–Trinajstić information content (AvgIpc) is 3.81. The van der Waals surface area contributed by atoms with Crippen LogP contribution in [0.2, 0.25) is 0 Å². The molecule has 0 unspecified atom stereocenters. The van der Waals surface area contributed by atoms with Crippen molar-refractivity contribution in [1.82, 2.24) is 45.7 Å². The summed E-state index contributed by atoms with van der Waals surface area (Å²) in [6, 6.07) is 26.0. The molecule has 324 valence electrons. The average molecular weight is 832 g/mol. The first-order valence-electron chi connectivity index (χ1n) is 21.3. The van der Waals surface area contributed by atoms with Crippen molar-refractivity contribution in [1.29, 1.82) is 0 Å². The van der Waals surface area contributed by atoms with Gasteiger partial charge in [-0.05, 0) is 60.1 Å². The molecule has 0 saturated carbocycles. The maximum Gasteiger partial charge on any atom is 0.321 e. The molecule has 2 aromatic heterocycles. The summed E-state index contributed by atoms with van der Waals surface area (Å²) in [5.41, 5.74) is 7.62. The number of nitrogens with zero attached hydrogens (tertiary/aromatic N) is 6. The van der Waals surface area contributed by atoms with Crippen molar-refractivity contribution in [3.8, 4) is 11.3 Å². The van der Waals surface area contributed by atoms with Crippen LogP contribution in [0.1, 0.15) is 63.6 Å². The molecule has 14 nitrogen and oxygen atoms in total. The molecule has 2 aliphatic rings. The fourth-order valence-electron chi connectivity index (χ4n) is 8.23. The number of benzene rings is 2. The Hall–Kier alpha value is -5.86. The van der Waals surface area contributed by atoms with E-state index in [1.54, 1.807) is 25.9 Å². The maximum absolute atomic E-state index is 14.6. The molecule has 0 spiro atoms. The Labute approximate surface area is 359 Å². The number of pyridine rings is 2. The van der Waals surface area contributed by atoms with Gasteiger partial charge in [-0.15, -0.1) is 0 Å². The minimum Gasteiger partial charge on any atom is -0.390 e. The molecular formula is C47H61N9O5. The molecule has 5 atom stereocenters. The predicted octanol–water partition coefficient (Wildman–Crippen LogP) is 5.17. The van der Waals surface area contributed by atoms with Crippen LogP contribution in [0.3, 0.4) is 0 Å². The Kier molecular flexibility index (Phi) is 14.7. The largest absolute Gasteiger partial charge is 0.390 e. The summed E-state index contributed by atoms with van der Waals surface area (Å²) in [6.07, 6.45) is 1.50. The molecule has 4 aromatic rings. The number of aryl methyl sites for hydroxylation is 1. The molecule has 2 fully saturated rings. The number of aromatic nitrogens is 2. The molecule has 0 radical (unpaired) electrons. The van der Waals surface area contributed by atoms with E-state index < -0.39 is 29.6 Å². The van der Waals surface area contributed by atoms with Gasteiger partial charge in [0.2, 0.25) is 5.91 Å². The monoisotopic (exact) mass is 831 g/mol. The Bertz CT molecular complexity index is 2100. The van der Waals surface area contributed by atoms with Crippen molar-refractivity contribution in [2.24, 2.45) is 11.3 Å². The van der Waals surface area contributed by atoms with Gasteiger partial charge in [-0.1, -0.05) is 108 Å². The molecule has 0 aliphatic carbocycles. The van der Waals surface area contributed by atoms with Gasteiger partial charge in [0.1, 0.15) is 12.1 Å². The van der Waals surface area contributed by atoms with Crippen molar-refractivity contribution >= 4 is 23.9 Å². The van der Waals surface area contributed by atoms with Gasteiger partial charge in [-0.3, -0.25) is 25.0 Å². The summed E-state index contributed by atoms with van der Waals surface area (Å²) in [5.74, 6) is -0.926. The smallest absolute Gasteiger partial charge is 0.321 e. The number of hydrogen-bond donors (Lipinski definition) is 4. The van der Waals surface area contributed by atoms with Crippen LogP contribution in [-0.2, 0) is 29.1 Å². The first-order valence-corrected chi connectivity index (χ1v) is 21.3. The molecule has 0 bridgehead atoms. The van der Waals surface area contributed by atoms with Crippen LogP contribution in [-0.4, -0.2) is 116 Å². The predicted molar refractivity (Wildman–Crippen MR) is 234 cm³/mol. The van der Waals surface area contributed by atoms with Crippen molar-refractivity contribution < 1.29 is 24.3 Å². The number of urea groups is 2. The third-order valence-corrected chi connectivity index (χ3v) is 11.5. The lowest BCUT2D eigenvalue weighted by Gasteiger charge is -2.38. The lowest BCUT2D eigenvalue weighted by molar-refractivity contribution is -0.135. The molecule has 4 N–H and O–H groups in total. The van der Waals surface area contributed by atoms with Crippen LogP contribution in [0.5, 0.6) is 0 Å². The highest BCUT2D eigenvalue weighted by Crippen LogP contribution is 2.27. The highest BCUT2D eigenvalue weighted by Gasteiger charge is 2.43. The van der Waals surface area contributed by atoms with E-state index >= 15 is 0 Å². The van der Waals surface area contributed by atoms with Gasteiger partial charge in [0.25, 0.3) is 5.91 Å². The number of rotatable bonds is 18. The number of aliphatic hydroxyl groups is 1. The number of carbonyl (C=O) groups is 4. The van der Waals surface area contributed by atoms with E-state index in [0.29, 0.717) is 45.6 Å². The highest BCUT2D eigenvalue weighted by molar-refractivity contribution is 5.89. The number of hydrazine groups is 1. The third kappa shape index (κ3) is 11.5. The molecule has 2 aliphatic heterocycles. The Morgan fingerprint density at radius 1 is 0.885 bits per heavy atom. The molecule has 61 heavy (non-hydrogen) atoms. The Morgan fingerprint density at radius 3 is 2.26 bits per heavy atom. The van der Waals surface area contributed by atoms with Crippen molar-refractivity contribution in [2.45, 2.75) is 91.7 Å². The van der Waals surface area contributed by atoms with Crippen molar-refractivity contribution in [3.63, 3.8) is 0 Å². The van der Waals surface area contributed by atoms with E-state index in [4.69, 9.17) is 0 Å². The zero-order valence-corrected chi connectivity index (χ0v) is 36.3. The van der Waals surface area contributed by atoms with Crippen molar-refractivity contribution in [2.75, 3.05) is 32.7 Å². The second-order valence-corrected chi connectivity index (χ2v) is 17.3. The summed E-state index contributed by atoms with van der Waals surface area (Å²) in [4.78, 5) is 69.7. The zero-order valence-electron chi connectivity index (χ0n) is 36.3. The first-order chi connectivity index (χ1) is 29.2. The van der Waals surface area contributed by atoms with Gasteiger partial charge in [-0.25, -0.2) is 14.6 Å². The summed E-state index contributed by atoms with van der Waals surface area (Å²) < 4.78 is 0. The number of carbonyl (C=O) groups excluding carboxylic acids is 4. The van der Waals surface area contributed by atoms with Crippen LogP contribution in [0, 0.1) is 18.3 Å². The fraction of sp³-hybridized carbons (Fsp3) is 0.447. The summed E-state index contributed by atoms with van der Waals surface area (Å²) in [5, 5.41) is 19.9. The zero-order chi connectivity index (χ0) is 43.7. The maximum atomic E-state index is 14.6. The Balaban J connectivity index is 1.26. The minimum atomic E-state index is -1.18. The molecule has 14 heteroatoms. The molecule has 4 heterocycles. The van der Waals surface area contributed by atoms with E-state index in [-0.39, 0.29) is 42.9 Å². The third-order valence-electron chi connectivity index (χ3n) is 11.5. The SMILES string of the molecule is CC[C@H](C)[C@@H](C(=O)N[C@@H](Cc1ccccc1)[C@H](O)CN(Cc1ccc(-c2ccccn2)cc1)NC(=O)[C@@H](N1CCNC1=O)C(C)(C)C)N1CCN(Cc2cccc(C)n2)C1=O. The Morgan fingerprint density at radius 2 is 1.62 bits per heavy atom. The van der Waals surface area contributed by atoms with Gasteiger partial charge in [-0.2, -0.15) is 0 Å². The highest BCUT2D eigenvalue weighted by atomic mass is 16.3. The minimum absolute atomic E-state index is 0.0670. The van der Waals surface area contributed by atoms with Gasteiger partial charge in [0.15, 0.2) is 0 Å². The number of amides is 6. The van der Waals surface area contributed by atoms with Crippen molar-refractivity contribution in [3.05, 3.63) is 120 Å². The molecule has 2 aromatic carbocycles. The lowest BCUT2D eigenvalue weighted by atomic mass is 9.85. The van der Waals surface area contributed by atoms with Crippen LogP contribution in [0.4, 0.5) is 9.59 Å². The number of nitrogens with one attached hydrogen (secondary N) is 3. The molecule has 6 amide bonds. The lowest BCUT2D eigenvalue weighted by Crippen LogP contribution is -2.60. The molecule has 2 saturated heterocycles. The van der Waals surface area contributed by atoms with Crippen LogP contribution in [0.25, 0.3) is 11.3 Å². The fourth-order valence-corrected chi connectivity index (χ4v) is 8.23. The number of hydrogen-bond acceptors (Lipinski definition) is 8. The van der Waals surface area contributed by atoms with E-state index in [1.165, 1.54) is 0 Å². The van der Waals surface area contributed by atoms with Gasteiger partial charge < -0.3 is 30.4 Å². The van der Waals surface area contributed by atoms with Gasteiger partial charge in [0.05, 0.1) is 30.1 Å². The number of aliphatic hydroxyl groups excluding tert-OH is 1. The normalized spacial score (nSPS) is 16.9. The van der Waals surface area contributed by atoms with E-state index in [2.05, 4.69) is 26.0 Å². The first kappa shape index (κ1) is 44.7. The topological polar surface area (TPSA) is 163 Å². The summed E-state index contributed by atoms with van der Waals surface area (Å²) >= 11 is 0. The second-order valence-electron chi connectivity index (χ2n) is 17.3. The van der Waals surface area contributed by atoms with Gasteiger partial charge in [0, 0.05) is 56.7 Å². The van der Waals surface area contributed by atoms with Crippen LogP contribution < -0.4 is 16.1 Å². The van der Waals surface area contributed by atoms with E-state index in [0.717, 1.165) is 33.8 Å². The van der Waals surface area contributed by atoms with Crippen LogP contribution >= 0.6 is 0 Å². The van der Waals surface area contributed by atoms with E-state index in [9.17, 15) is 24.3 Å². The molecular weight excluding hydrogens is 771 g/mol. The summed E-state index contributed by atoms with van der Waals surface area (Å²) in [7, 11) is 0. The standard InChI is InChI=1S/C47H61N9O5/c1-7-32(2)41(55-27-26-53(46(55)61)30-37-17-13-14-33(3)50-37)43(58)51-39(28-34-15-9-8-10-16-34)40(57)31-54(29-35-19-21-36(22-20-35)38-18-11-12-23-48-38)52-44(59)42(47(4,5)6)56-25-24-49-45(56)60/h8-23,32,39-42,57H,7,24-31H2,1-6H3,(H,49,60)(H,51,58)(H,52,59)/t32-,39-,40+,41-,42+/m0/s1. The second kappa shape index (κ2) is 20.1.